The maximum Gasteiger partial charge on any atom is 0.323 e. The van der Waals surface area contributed by atoms with Gasteiger partial charge in [0.15, 0.2) is 0 Å². The van der Waals surface area contributed by atoms with E-state index in [2.05, 4.69) is 26.8 Å². The molecule has 19 heavy (non-hydrogen) atoms. The minimum atomic E-state index is 0.182. The van der Waals surface area contributed by atoms with Crippen LogP contribution in [0.3, 0.4) is 0 Å². The molecule has 0 aromatic carbocycles. The average Bonchev–Trinajstić information content (AvgIpc) is 2.39. The van der Waals surface area contributed by atoms with Crippen molar-refractivity contribution in [1.29, 1.82) is 0 Å². The van der Waals surface area contributed by atoms with Gasteiger partial charge < -0.3 is 20.1 Å². The van der Waals surface area contributed by atoms with Crippen molar-refractivity contribution in [2.24, 2.45) is 5.92 Å². The lowest BCUT2D eigenvalue weighted by Crippen LogP contribution is -2.44. The fourth-order valence-electron chi connectivity index (χ4n) is 2.22. The number of aromatic nitrogens is 3. The molecule has 2 atom stereocenters. The Labute approximate surface area is 113 Å². The van der Waals surface area contributed by atoms with E-state index < -0.39 is 0 Å². The van der Waals surface area contributed by atoms with Crippen molar-refractivity contribution in [2.45, 2.75) is 26.4 Å². The van der Waals surface area contributed by atoms with E-state index in [0.717, 1.165) is 19.5 Å². The maximum absolute atomic E-state index is 5.69. The molecule has 106 valence electrons. The van der Waals surface area contributed by atoms with Gasteiger partial charge in [-0.05, 0) is 19.3 Å². The minimum Gasteiger partial charge on any atom is -0.464 e. The number of piperidine rings is 1. The molecule has 2 heterocycles. The second-order valence-corrected chi connectivity index (χ2v) is 4.70. The largest absolute Gasteiger partial charge is 0.464 e. The minimum absolute atomic E-state index is 0.182. The monoisotopic (exact) mass is 267 g/mol. The van der Waals surface area contributed by atoms with Crippen LogP contribution in [0.2, 0.25) is 0 Å². The molecule has 1 aliphatic heterocycles. The molecule has 1 aromatic heterocycles. The molecule has 7 nitrogen and oxygen atoms in total. The van der Waals surface area contributed by atoms with Crippen molar-refractivity contribution in [1.82, 2.24) is 15.0 Å². The van der Waals surface area contributed by atoms with Crippen LogP contribution in [0.4, 0.5) is 11.9 Å². The number of methoxy groups -OCH3 is 1. The summed E-state index contributed by atoms with van der Waals surface area (Å²) in [6, 6.07) is 0.276. The zero-order valence-corrected chi connectivity index (χ0v) is 11.7. The van der Waals surface area contributed by atoms with Gasteiger partial charge in [0, 0.05) is 20.2 Å². The van der Waals surface area contributed by atoms with Crippen LogP contribution in [0.5, 0.6) is 6.01 Å². The van der Waals surface area contributed by atoms with E-state index >= 15 is 0 Å². The van der Waals surface area contributed by atoms with Crippen LogP contribution in [0.25, 0.3) is 0 Å². The van der Waals surface area contributed by atoms with Gasteiger partial charge in [0.1, 0.15) is 0 Å². The molecule has 2 rings (SSSR count). The van der Waals surface area contributed by atoms with Crippen molar-refractivity contribution >= 4 is 11.9 Å². The second kappa shape index (κ2) is 6.01. The summed E-state index contributed by atoms with van der Waals surface area (Å²) in [6.45, 7) is 6.21. The molecular weight excluding hydrogens is 246 g/mol. The molecule has 0 amide bonds. The van der Waals surface area contributed by atoms with E-state index in [9.17, 15) is 0 Å². The van der Waals surface area contributed by atoms with E-state index in [4.69, 9.17) is 15.2 Å². The highest BCUT2D eigenvalue weighted by atomic mass is 16.5. The normalized spacial score (nSPS) is 23.4. The molecule has 2 N–H and O–H groups in total. The number of anilines is 2. The third-order valence-electron chi connectivity index (χ3n) is 3.37. The van der Waals surface area contributed by atoms with E-state index in [0.29, 0.717) is 18.5 Å². The summed E-state index contributed by atoms with van der Waals surface area (Å²) in [5.74, 6) is 1.28. The van der Waals surface area contributed by atoms with Crippen LogP contribution in [-0.2, 0) is 4.74 Å². The number of nitrogen functional groups attached to an aromatic ring is 1. The van der Waals surface area contributed by atoms with Crippen molar-refractivity contribution in [2.75, 3.05) is 37.4 Å². The molecule has 0 bridgehead atoms. The van der Waals surface area contributed by atoms with Gasteiger partial charge in [-0.2, -0.15) is 15.0 Å². The molecule has 7 heteroatoms. The van der Waals surface area contributed by atoms with E-state index in [-0.39, 0.29) is 18.1 Å². The topological polar surface area (TPSA) is 86.4 Å². The Kier molecular flexibility index (Phi) is 4.36. The van der Waals surface area contributed by atoms with E-state index in [1.807, 2.05) is 6.92 Å². The number of hydrogen-bond acceptors (Lipinski definition) is 7. The van der Waals surface area contributed by atoms with Crippen LogP contribution < -0.4 is 15.4 Å². The van der Waals surface area contributed by atoms with Crippen LogP contribution in [0.1, 0.15) is 20.3 Å². The smallest absolute Gasteiger partial charge is 0.323 e. The lowest BCUT2D eigenvalue weighted by atomic mass is 9.96. The molecule has 0 radical (unpaired) electrons. The number of nitrogens with two attached hydrogens (primary N) is 1. The van der Waals surface area contributed by atoms with Gasteiger partial charge >= 0.3 is 6.01 Å². The average molecular weight is 267 g/mol. The molecule has 0 aliphatic carbocycles. The summed E-state index contributed by atoms with van der Waals surface area (Å²) in [7, 11) is 1.73. The van der Waals surface area contributed by atoms with Crippen LogP contribution in [-0.4, -0.2) is 47.9 Å². The van der Waals surface area contributed by atoms with E-state index in [1.54, 1.807) is 7.11 Å². The van der Waals surface area contributed by atoms with Gasteiger partial charge in [0.2, 0.25) is 11.9 Å². The fraction of sp³-hybridized carbons (Fsp3) is 0.750. The molecule has 0 saturated carbocycles. The first-order valence-corrected chi connectivity index (χ1v) is 6.56. The highest BCUT2D eigenvalue weighted by molar-refractivity contribution is 5.36. The van der Waals surface area contributed by atoms with Crippen molar-refractivity contribution < 1.29 is 9.47 Å². The van der Waals surface area contributed by atoms with E-state index in [1.165, 1.54) is 0 Å². The first-order valence-electron chi connectivity index (χ1n) is 6.56. The highest BCUT2D eigenvalue weighted by Crippen LogP contribution is 2.23. The fourth-order valence-corrected chi connectivity index (χ4v) is 2.22. The lowest BCUT2D eigenvalue weighted by Gasteiger charge is -2.36. The van der Waals surface area contributed by atoms with Crippen molar-refractivity contribution in [3.05, 3.63) is 0 Å². The predicted molar refractivity (Wildman–Crippen MR) is 72.2 cm³/mol. The summed E-state index contributed by atoms with van der Waals surface area (Å²) in [5.41, 5.74) is 5.69. The van der Waals surface area contributed by atoms with Crippen molar-refractivity contribution in [3.8, 4) is 6.01 Å². The summed E-state index contributed by atoms with van der Waals surface area (Å²) in [6.07, 6.45) is 1.22. The highest BCUT2D eigenvalue weighted by Gasteiger charge is 2.28. The standard InChI is InChI=1S/C12H21N5O2/c1-4-19-12-15-10(13)14-11(16-12)17-6-5-8(2)9(7-17)18-3/h8-9H,4-7H2,1-3H3,(H2,13,14,15,16). The maximum atomic E-state index is 5.69. The van der Waals surface area contributed by atoms with Crippen molar-refractivity contribution in [3.63, 3.8) is 0 Å². The summed E-state index contributed by atoms with van der Waals surface area (Å²) in [4.78, 5) is 14.5. The van der Waals surface area contributed by atoms with Gasteiger partial charge in [-0.25, -0.2) is 0 Å². The number of nitrogens with zero attached hydrogens (tertiary/aromatic N) is 4. The predicted octanol–water partition coefficient (Wildman–Crippen LogP) is 0.714. The van der Waals surface area contributed by atoms with Crippen LogP contribution >= 0.6 is 0 Å². The van der Waals surface area contributed by atoms with Gasteiger partial charge in [-0.15, -0.1) is 0 Å². The summed E-state index contributed by atoms with van der Waals surface area (Å²) < 4.78 is 10.8. The van der Waals surface area contributed by atoms with Crippen LogP contribution in [0.15, 0.2) is 0 Å². The molecule has 0 spiro atoms. The molecule has 1 fully saturated rings. The Morgan fingerprint density at radius 1 is 1.37 bits per heavy atom. The van der Waals surface area contributed by atoms with Gasteiger partial charge in [-0.1, -0.05) is 6.92 Å². The SMILES string of the molecule is CCOc1nc(N)nc(N2CCC(C)C(OC)C2)n1. The number of rotatable bonds is 4. The second-order valence-electron chi connectivity index (χ2n) is 4.70. The Morgan fingerprint density at radius 3 is 2.84 bits per heavy atom. The van der Waals surface area contributed by atoms with Gasteiger partial charge in [-0.3, -0.25) is 0 Å². The van der Waals surface area contributed by atoms with Crippen LogP contribution in [0, 0.1) is 5.92 Å². The summed E-state index contributed by atoms with van der Waals surface area (Å²) in [5, 5.41) is 0. The summed E-state index contributed by atoms with van der Waals surface area (Å²) >= 11 is 0. The molecule has 2 unspecified atom stereocenters. The Hall–Kier alpha value is -1.63. The zero-order chi connectivity index (χ0) is 13.8. The number of ether oxygens (including phenoxy) is 2. The molecule has 1 saturated heterocycles. The lowest BCUT2D eigenvalue weighted by molar-refractivity contribution is 0.0494. The first-order chi connectivity index (χ1) is 9.13. The molecule has 1 aromatic rings. The van der Waals surface area contributed by atoms with Gasteiger partial charge in [0.25, 0.3) is 0 Å². The molecular formula is C12H21N5O2. The zero-order valence-electron chi connectivity index (χ0n) is 11.7. The number of hydrogen-bond donors (Lipinski definition) is 1. The quantitative estimate of drug-likeness (QED) is 0.859. The van der Waals surface area contributed by atoms with Gasteiger partial charge in [0.05, 0.1) is 12.7 Å². The third kappa shape index (κ3) is 3.23. The molecule has 1 aliphatic rings. The Morgan fingerprint density at radius 2 is 2.16 bits per heavy atom. The Bertz CT molecular complexity index is 429. The Balaban J connectivity index is 2.17. The first kappa shape index (κ1) is 13.8. The third-order valence-corrected chi connectivity index (χ3v) is 3.37.